The van der Waals surface area contributed by atoms with E-state index in [-0.39, 0.29) is 13.1 Å². The van der Waals surface area contributed by atoms with E-state index in [9.17, 15) is 8.76 Å². The smallest absolute Gasteiger partial charge is 0.297 e. The van der Waals surface area contributed by atoms with E-state index in [0.717, 1.165) is 18.2 Å². The van der Waals surface area contributed by atoms with Crippen LogP contribution in [0.3, 0.4) is 0 Å². The van der Waals surface area contributed by atoms with Crippen LogP contribution in [-0.2, 0) is 22.2 Å². The molecule has 0 amide bonds. The molecule has 0 radical (unpaired) electrons. The van der Waals surface area contributed by atoms with Crippen LogP contribution in [0.5, 0.6) is 0 Å². The van der Waals surface area contributed by atoms with E-state index in [1.807, 2.05) is 60.7 Å². The lowest BCUT2D eigenvalue weighted by Gasteiger charge is -2.24. The Labute approximate surface area is 118 Å². The lowest BCUT2D eigenvalue weighted by Crippen LogP contribution is -2.18. The van der Waals surface area contributed by atoms with Crippen molar-refractivity contribution in [3.05, 3.63) is 71.8 Å². The molecule has 0 aliphatic carbocycles. The maximum Gasteiger partial charge on any atom is 0.445 e. The fourth-order valence-corrected chi connectivity index (χ4v) is 2.82. The summed E-state index contributed by atoms with van der Waals surface area (Å²) in [5.74, 6) is 0. The van der Waals surface area contributed by atoms with E-state index in [0.29, 0.717) is 0 Å². The quantitative estimate of drug-likeness (QED) is 0.739. The van der Waals surface area contributed by atoms with Gasteiger partial charge in [0.2, 0.25) is 0 Å². The fraction of sp³-hybridized carbons (Fsp3) is 0.200. The number of halogens is 1. The summed E-state index contributed by atoms with van der Waals surface area (Å²) >= 11 is 0. The summed E-state index contributed by atoms with van der Waals surface area (Å²) in [6.45, 7) is 0.467. The maximum atomic E-state index is 14.1. The SMILES string of the molecule is COP(=O)(F)N(Cc1ccccc1)Cc1ccccc1. The molecule has 0 spiro atoms. The highest BCUT2D eigenvalue weighted by Crippen LogP contribution is 2.53. The molecule has 0 aromatic heterocycles. The third-order valence-electron chi connectivity index (χ3n) is 2.98. The molecule has 0 saturated heterocycles. The lowest BCUT2D eigenvalue weighted by atomic mass is 10.2. The van der Waals surface area contributed by atoms with Crippen molar-refractivity contribution in [1.29, 1.82) is 0 Å². The van der Waals surface area contributed by atoms with Crippen molar-refractivity contribution in [2.75, 3.05) is 7.11 Å². The lowest BCUT2D eigenvalue weighted by molar-refractivity contribution is 0.260. The zero-order chi connectivity index (χ0) is 14.4. The van der Waals surface area contributed by atoms with Gasteiger partial charge in [0.15, 0.2) is 0 Å². The first-order chi connectivity index (χ1) is 9.62. The van der Waals surface area contributed by atoms with Gasteiger partial charge < -0.3 is 0 Å². The maximum absolute atomic E-state index is 14.1. The van der Waals surface area contributed by atoms with Crippen LogP contribution >= 0.6 is 7.83 Å². The molecule has 0 saturated carbocycles. The Kier molecular flexibility index (Phi) is 5.07. The monoisotopic (exact) mass is 293 g/mol. The summed E-state index contributed by atoms with van der Waals surface area (Å²) in [6.07, 6.45) is 0. The first-order valence-corrected chi connectivity index (χ1v) is 7.77. The van der Waals surface area contributed by atoms with Gasteiger partial charge in [-0.3, -0.25) is 4.52 Å². The Morgan fingerprint density at radius 1 is 0.950 bits per heavy atom. The molecule has 0 N–H and O–H groups in total. The molecule has 0 fully saturated rings. The topological polar surface area (TPSA) is 29.5 Å². The minimum Gasteiger partial charge on any atom is -0.297 e. The Morgan fingerprint density at radius 3 is 1.70 bits per heavy atom. The van der Waals surface area contributed by atoms with Crippen molar-refractivity contribution in [3.63, 3.8) is 0 Å². The first kappa shape index (κ1) is 14.9. The molecule has 5 heteroatoms. The van der Waals surface area contributed by atoms with Gasteiger partial charge in [-0.15, -0.1) is 4.20 Å². The van der Waals surface area contributed by atoms with Gasteiger partial charge >= 0.3 is 7.83 Å². The Bertz CT molecular complexity index is 535. The summed E-state index contributed by atoms with van der Waals surface area (Å²) in [5.41, 5.74) is 1.77. The van der Waals surface area contributed by atoms with Crippen LogP contribution in [0.25, 0.3) is 0 Å². The van der Waals surface area contributed by atoms with Gasteiger partial charge in [0, 0.05) is 20.2 Å². The average Bonchev–Trinajstić information content (AvgIpc) is 2.49. The molecule has 0 heterocycles. The number of rotatable bonds is 6. The van der Waals surface area contributed by atoms with Gasteiger partial charge in [-0.1, -0.05) is 60.7 Å². The van der Waals surface area contributed by atoms with Gasteiger partial charge in [-0.25, -0.2) is 4.57 Å². The molecular weight excluding hydrogens is 276 g/mol. The van der Waals surface area contributed by atoms with Crippen molar-refractivity contribution < 1.29 is 13.3 Å². The van der Waals surface area contributed by atoms with Gasteiger partial charge in [-0.05, 0) is 11.1 Å². The number of benzene rings is 2. The van der Waals surface area contributed by atoms with Gasteiger partial charge in [0.1, 0.15) is 0 Å². The third-order valence-corrected chi connectivity index (χ3v) is 4.39. The second-order valence-electron chi connectivity index (χ2n) is 4.43. The van der Waals surface area contributed by atoms with E-state index >= 15 is 0 Å². The van der Waals surface area contributed by atoms with Crippen molar-refractivity contribution in [2.45, 2.75) is 13.1 Å². The predicted octanol–water partition coefficient (Wildman–Crippen LogP) is 4.41. The van der Waals surface area contributed by atoms with E-state index in [1.165, 1.54) is 4.67 Å². The van der Waals surface area contributed by atoms with Crippen LogP contribution in [0, 0.1) is 0 Å². The zero-order valence-electron chi connectivity index (χ0n) is 11.3. The Balaban J connectivity index is 2.19. The van der Waals surface area contributed by atoms with Crippen molar-refractivity contribution in [2.24, 2.45) is 0 Å². The normalized spacial score (nSPS) is 14.2. The minimum atomic E-state index is -4.28. The van der Waals surface area contributed by atoms with Crippen LogP contribution in [0.2, 0.25) is 0 Å². The standard InChI is InChI=1S/C15H17FNO2P/c1-19-20(16,18)17(12-14-8-4-2-5-9-14)13-15-10-6-3-7-11-15/h2-11H,12-13H2,1H3. The Morgan fingerprint density at radius 2 is 1.35 bits per heavy atom. The highest BCUT2D eigenvalue weighted by atomic mass is 31.2. The largest absolute Gasteiger partial charge is 0.445 e. The van der Waals surface area contributed by atoms with Crippen LogP contribution in [-0.4, -0.2) is 11.8 Å². The number of hydrogen-bond acceptors (Lipinski definition) is 2. The molecule has 1 unspecified atom stereocenters. The summed E-state index contributed by atoms with van der Waals surface area (Å²) in [7, 11) is -3.15. The highest BCUT2D eigenvalue weighted by Gasteiger charge is 2.30. The summed E-state index contributed by atoms with van der Waals surface area (Å²) in [4.78, 5) is 0. The number of nitrogens with zero attached hydrogens (tertiary/aromatic N) is 1. The molecular formula is C15H17FNO2P. The molecule has 0 bridgehead atoms. The van der Waals surface area contributed by atoms with Crippen LogP contribution < -0.4 is 0 Å². The summed E-state index contributed by atoms with van der Waals surface area (Å²) < 4.78 is 31.8. The predicted molar refractivity (Wildman–Crippen MR) is 77.9 cm³/mol. The van der Waals surface area contributed by atoms with E-state index in [4.69, 9.17) is 0 Å². The molecule has 20 heavy (non-hydrogen) atoms. The molecule has 0 aliphatic rings. The van der Waals surface area contributed by atoms with Gasteiger partial charge in [-0.2, -0.15) is 4.67 Å². The van der Waals surface area contributed by atoms with E-state index < -0.39 is 7.83 Å². The van der Waals surface area contributed by atoms with E-state index in [1.54, 1.807) is 0 Å². The molecule has 2 rings (SSSR count). The van der Waals surface area contributed by atoms with Crippen LogP contribution in [0.15, 0.2) is 60.7 Å². The Hall–Kier alpha value is -1.48. The van der Waals surface area contributed by atoms with Crippen molar-refractivity contribution >= 4 is 7.83 Å². The molecule has 3 nitrogen and oxygen atoms in total. The zero-order valence-corrected chi connectivity index (χ0v) is 12.2. The summed E-state index contributed by atoms with van der Waals surface area (Å²) in [5, 5.41) is 0. The molecule has 0 aliphatic heterocycles. The molecule has 106 valence electrons. The summed E-state index contributed by atoms with van der Waals surface area (Å²) in [6, 6.07) is 18.7. The first-order valence-electron chi connectivity index (χ1n) is 6.30. The van der Waals surface area contributed by atoms with Crippen LogP contribution in [0.1, 0.15) is 11.1 Å². The van der Waals surface area contributed by atoms with Crippen molar-refractivity contribution in [1.82, 2.24) is 4.67 Å². The average molecular weight is 293 g/mol. The highest BCUT2D eigenvalue weighted by molar-refractivity contribution is 7.50. The van der Waals surface area contributed by atoms with Crippen molar-refractivity contribution in [3.8, 4) is 0 Å². The minimum absolute atomic E-state index is 0.233. The molecule has 2 aromatic carbocycles. The third kappa shape index (κ3) is 4.01. The second-order valence-corrected chi connectivity index (χ2v) is 6.26. The van der Waals surface area contributed by atoms with Gasteiger partial charge in [0.05, 0.1) is 0 Å². The number of hydrogen-bond donors (Lipinski definition) is 0. The second kappa shape index (κ2) is 6.80. The van der Waals surface area contributed by atoms with Gasteiger partial charge in [0.25, 0.3) is 0 Å². The molecule has 1 atom stereocenters. The molecule has 2 aromatic rings. The van der Waals surface area contributed by atoms with E-state index in [2.05, 4.69) is 4.52 Å². The van der Waals surface area contributed by atoms with Crippen LogP contribution in [0.4, 0.5) is 4.20 Å². The fourth-order valence-electron chi connectivity index (χ4n) is 1.93.